The van der Waals surface area contributed by atoms with Gasteiger partial charge in [-0.05, 0) is 43.0 Å². The fourth-order valence-corrected chi connectivity index (χ4v) is 5.27. The Bertz CT molecular complexity index is 1080. The van der Waals surface area contributed by atoms with Gasteiger partial charge in [-0.1, -0.05) is 70.6 Å². The van der Waals surface area contributed by atoms with Gasteiger partial charge in [0.2, 0.25) is 0 Å². The molecule has 38 heavy (non-hydrogen) atoms. The Morgan fingerprint density at radius 3 is 2.26 bits per heavy atom. The second-order valence-electron chi connectivity index (χ2n) is 9.93. The summed E-state index contributed by atoms with van der Waals surface area (Å²) in [5, 5.41) is 0. The van der Waals surface area contributed by atoms with Crippen LogP contribution in [0.2, 0.25) is 0 Å². The minimum Gasteiger partial charge on any atom is -1.00 e. The zero-order chi connectivity index (χ0) is 26.6. The molecule has 0 N–H and O–H groups in total. The molecule has 210 valence electrons. The summed E-state index contributed by atoms with van der Waals surface area (Å²) in [5.41, 5.74) is 4.68. The largest absolute Gasteiger partial charge is 1.00 e. The lowest BCUT2D eigenvalue weighted by atomic mass is 9.88. The van der Waals surface area contributed by atoms with Crippen LogP contribution >= 0.6 is 0 Å². The van der Waals surface area contributed by atoms with Crippen molar-refractivity contribution in [2.24, 2.45) is 0 Å². The van der Waals surface area contributed by atoms with Gasteiger partial charge in [0.25, 0.3) is 0 Å². The van der Waals surface area contributed by atoms with Crippen LogP contribution in [0.4, 0.5) is 8.78 Å². The number of rotatable bonds is 15. The first-order valence-corrected chi connectivity index (χ1v) is 14.0. The third-order valence-corrected chi connectivity index (χ3v) is 7.33. The number of methoxy groups -OCH3 is 2. The maximum absolute atomic E-state index is 14.6. The smallest absolute Gasteiger partial charge is 0.184 e. The summed E-state index contributed by atoms with van der Waals surface area (Å²) < 4.78 is 43.0. The third kappa shape index (κ3) is 8.14. The lowest BCUT2D eigenvalue weighted by molar-refractivity contribution is -0.546. The van der Waals surface area contributed by atoms with E-state index in [0.29, 0.717) is 12.3 Å². The molecule has 1 heterocycles. The second kappa shape index (κ2) is 16.7. The van der Waals surface area contributed by atoms with Crippen LogP contribution in [0.25, 0.3) is 6.08 Å². The molecular formula is C32H44BrF2NO2. The molecule has 0 fully saturated rings. The molecule has 0 aliphatic carbocycles. The maximum Gasteiger partial charge on any atom is 0.184 e. The number of unbranched alkanes of at least 4 members (excludes halogenated alkanes) is 7. The van der Waals surface area contributed by atoms with E-state index in [1.54, 1.807) is 14.2 Å². The SMILES string of the molecule is CCCCC/C=C\c1c2c(cc(OC)c1OC)C(CCCCCCC)=[N+](Cc1c(F)cccc1F)CC2.[Br-]. The van der Waals surface area contributed by atoms with Crippen molar-refractivity contribution in [3.63, 3.8) is 0 Å². The third-order valence-electron chi connectivity index (χ3n) is 7.33. The van der Waals surface area contributed by atoms with E-state index in [2.05, 4.69) is 36.6 Å². The van der Waals surface area contributed by atoms with Gasteiger partial charge < -0.3 is 26.5 Å². The van der Waals surface area contributed by atoms with E-state index >= 15 is 0 Å². The van der Waals surface area contributed by atoms with Gasteiger partial charge in [-0.2, -0.15) is 0 Å². The summed E-state index contributed by atoms with van der Waals surface area (Å²) in [4.78, 5) is 0. The first kappa shape index (κ1) is 32.0. The molecule has 0 unspecified atom stereocenters. The first-order valence-electron chi connectivity index (χ1n) is 14.0. The molecule has 2 aromatic rings. The van der Waals surface area contributed by atoms with Crippen LogP contribution in [0.1, 0.15) is 100 Å². The van der Waals surface area contributed by atoms with Crippen LogP contribution in [0.5, 0.6) is 11.5 Å². The van der Waals surface area contributed by atoms with Crippen LogP contribution in [0.15, 0.2) is 30.3 Å². The van der Waals surface area contributed by atoms with Gasteiger partial charge in [0.05, 0.1) is 19.8 Å². The Morgan fingerprint density at radius 1 is 0.921 bits per heavy atom. The highest BCUT2D eigenvalue weighted by Gasteiger charge is 2.31. The number of halogens is 3. The number of benzene rings is 2. The lowest BCUT2D eigenvalue weighted by Gasteiger charge is -2.24. The zero-order valence-electron chi connectivity index (χ0n) is 23.6. The van der Waals surface area contributed by atoms with Crippen molar-refractivity contribution >= 4 is 11.8 Å². The molecule has 0 aromatic heterocycles. The molecule has 0 bridgehead atoms. The van der Waals surface area contributed by atoms with Gasteiger partial charge >= 0.3 is 0 Å². The molecule has 0 amide bonds. The van der Waals surface area contributed by atoms with Gasteiger partial charge in [0.15, 0.2) is 23.8 Å². The van der Waals surface area contributed by atoms with Crippen molar-refractivity contribution < 1.29 is 39.8 Å². The summed E-state index contributed by atoms with van der Waals surface area (Å²) in [6.07, 6.45) is 16.5. The molecule has 6 heteroatoms. The van der Waals surface area contributed by atoms with Crippen molar-refractivity contribution in [1.82, 2.24) is 0 Å². The molecule has 3 nitrogen and oxygen atoms in total. The Balaban J connectivity index is 0.00000507. The van der Waals surface area contributed by atoms with Crippen LogP contribution < -0.4 is 26.5 Å². The molecule has 1 aliphatic rings. The second-order valence-corrected chi connectivity index (χ2v) is 9.93. The molecule has 0 atom stereocenters. The Hall–Kier alpha value is -2.21. The van der Waals surface area contributed by atoms with E-state index in [4.69, 9.17) is 9.47 Å². The number of fused-ring (bicyclic) bond motifs is 1. The van der Waals surface area contributed by atoms with Crippen LogP contribution in [0.3, 0.4) is 0 Å². The van der Waals surface area contributed by atoms with Crippen LogP contribution in [0, 0.1) is 11.6 Å². The fraction of sp³-hybridized carbons (Fsp3) is 0.531. The molecule has 3 rings (SSSR count). The highest BCUT2D eigenvalue weighted by molar-refractivity contribution is 6.00. The average Bonchev–Trinajstić information content (AvgIpc) is 2.90. The monoisotopic (exact) mass is 591 g/mol. The van der Waals surface area contributed by atoms with Gasteiger partial charge in [-0.25, -0.2) is 13.4 Å². The Kier molecular flexibility index (Phi) is 14.1. The predicted molar refractivity (Wildman–Crippen MR) is 149 cm³/mol. The van der Waals surface area contributed by atoms with Gasteiger partial charge in [-0.15, -0.1) is 0 Å². The molecule has 0 saturated heterocycles. The van der Waals surface area contributed by atoms with Gasteiger partial charge in [0, 0.05) is 24.0 Å². The van der Waals surface area contributed by atoms with E-state index < -0.39 is 11.6 Å². The first-order chi connectivity index (χ1) is 18.0. The minimum absolute atomic E-state index is 0. The summed E-state index contributed by atoms with van der Waals surface area (Å²) in [7, 11) is 3.35. The summed E-state index contributed by atoms with van der Waals surface area (Å²) in [5.74, 6) is 0.466. The van der Waals surface area contributed by atoms with E-state index in [9.17, 15) is 8.78 Å². The predicted octanol–water partition coefficient (Wildman–Crippen LogP) is 5.50. The van der Waals surface area contributed by atoms with Crippen molar-refractivity contribution in [3.8, 4) is 11.5 Å². The summed E-state index contributed by atoms with van der Waals surface area (Å²) >= 11 is 0. The zero-order valence-corrected chi connectivity index (χ0v) is 25.1. The molecular weight excluding hydrogens is 548 g/mol. The van der Waals surface area contributed by atoms with Gasteiger partial charge in [0.1, 0.15) is 18.2 Å². The van der Waals surface area contributed by atoms with E-state index in [0.717, 1.165) is 54.7 Å². The van der Waals surface area contributed by atoms with Crippen LogP contribution in [-0.4, -0.2) is 31.1 Å². The highest BCUT2D eigenvalue weighted by atomic mass is 79.9. The average molecular weight is 593 g/mol. The topological polar surface area (TPSA) is 21.5 Å². The number of nitrogens with zero attached hydrogens (tertiary/aromatic N) is 1. The normalized spacial score (nSPS) is 13.0. The quantitative estimate of drug-likeness (QED) is 0.201. The number of ether oxygens (including phenoxy) is 2. The summed E-state index contributed by atoms with van der Waals surface area (Å²) in [6.45, 7) is 5.35. The molecule has 2 aromatic carbocycles. The Labute approximate surface area is 238 Å². The lowest BCUT2D eigenvalue weighted by Crippen LogP contribution is -3.00. The molecule has 0 saturated carbocycles. The summed E-state index contributed by atoms with van der Waals surface area (Å²) in [6, 6.07) is 6.17. The standard InChI is InChI=1S/C32H44F2NO2.BrH/c1-5-7-9-11-13-16-25-24-20-21-35(23-27-28(33)17-15-18-29(27)34)30(19-14-12-10-8-6-2)26(24)22-31(36-3)32(25)37-4;/h13,15-18,22H,5-12,14,19-21,23H2,1-4H3;1H/q+1;/p-1/b16-13-;. The number of allylic oxidation sites excluding steroid dienone is 1. The fourth-order valence-electron chi connectivity index (χ4n) is 5.27. The van der Waals surface area contributed by atoms with Crippen molar-refractivity contribution in [3.05, 3.63) is 64.2 Å². The maximum atomic E-state index is 14.6. The van der Waals surface area contributed by atoms with Crippen molar-refractivity contribution in [2.45, 2.75) is 91.0 Å². The minimum atomic E-state index is -0.490. The van der Waals surface area contributed by atoms with E-state index in [1.807, 2.05) is 0 Å². The van der Waals surface area contributed by atoms with Crippen molar-refractivity contribution in [1.29, 1.82) is 0 Å². The van der Waals surface area contributed by atoms with E-state index in [-0.39, 0.29) is 29.1 Å². The highest BCUT2D eigenvalue weighted by Crippen LogP contribution is 2.39. The molecule has 0 radical (unpaired) electrons. The van der Waals surface area contributed by atoms with Gasteiger partial charge in [-0.3, -0.25) is 0 Å². The molecule has 1 aliphatic heterocycles. The number of hydrogen-bond acceptors (Lipinski definition) is 2. The Morgan fingerprint density at radius 2 is 1.61 bits per heavy atom. The van der Waals surface area contributed by atoms with E-state index in [1.165, 1.54) is 62.3 Å². The van der Waals surface area contributed by atoms with Crippen molar-refractivity contribution in [2.75, 3.05) is 20.8 Å². The number of hydrogen-bond donors (Lipinski definition) is 0. The van der Waals surface area contributed by atoms with Crippen LogP contribution in [-0.2, 0) is 13.0 Å². The molecule has 0 spiro atoms.